The van der Waals surface area contributed by atoms with Crippen molar-refractivity contribution < 1.29 is 23.1 Å². The number of rotatable bonds is 10. The van der Waals surface area contributed by atoms with E-state index in [0.717, 1.165) is 30.7 Å². The number of thioether (sulfide) groups is 1. The molecule has 0 radical (unpaired) electrons. The molecule has 4 nitrogen and oxygen atoms in total. The number of halogens is 2. The van der Waals surface area contributed by atoms with Crippen molar-refractivity contribution >= 4 is 29.3 Å². The Morgan fingerprint density at radius 2 is 1.88 bits per heavy atom. The fraction of sp³-hybridized carbons (Fsp3) is 0.556. The molecule has 0 aromatic heterocycles. The molecule has 25 heavy (non-hydrogen) atoms. The van der Waals surface area contributed by atoms with Crippen LogP contribution in [0.1, 0.15) is 52.9 Å². The number of amides is 1. The van der Waals surface area contributed by atoms with E-state index in [2.05, 4.69) is 5.32 Å². The number of carbonyl (C=O) groups is 2. The van der Waals surface area contributed by atoms with Crippen molar-refractivity contribution in [3.05, 3.63) is 23.8 Å². The van der Waals surface area contributed by atoms with Gasteiger partial charge in [-0.05, 0) is 25.3 Å². The van der Waals surface area contributed by atoms with Crippen LogP contribution in [0.15, 0.2) is 17.0 Å². The number of hydrogen-bond acceptors (Lipinski definition) is 4. The number of esters is 1. The first-order valence-electron chi connectivity index (χ1n) is 8.55. The van der Waals surface area contributed by atoms with E-state index in [1.54, 1.807) is 6.92 Å². The Morgan fingerprint density at radius 1 is 1.16 bits per heavy atom. The second-order valence-electron chi connectivity index (χ2n) is 5.60. The summed E-state index contributed by atoms with van der Waals surface area (Å²) in [5.41, 5.74) is -0.0865. The standard InChI is InChI=1S/C18H25F2NO3S/c1-4-7-9-24-18(23)15(6-3)25-16-11-14(12(19)10-13(16)20)21-17(22)8-5-2/h10-11,15H,4-9H2,1-3H3,(H,21,22). The minimum atomic E-state index is -0.843. The predicted octanol–water partition coefficient (Wildman–Crippen LogP) is 4.92. The molecule has 0 heterocycles. The maximum absolute atomic E-state index is 14.1. The van der Waals surface area contributed by atoms with Gasteiger partial charge in [-0.15, -0.1) is 11.8 Å². The van der Waals surface area contributed by atoms with Gasteiger partial charge in [0.25, 0.3) is 0 Å². The van der Waals surface area contributed by atoms with Gasteiger partial charge < -0.3 is 10.1 Å². The summed E-state index contributed by atoms with van der Waals surface area (Å²) >= 11 is 0.977. The van der Waals surface area contributed by atoms with Crippen LogP contribution in [-0.2, 0) is 14.3 Å². The van der Waals surface area contributed by atoms with Crippen LogP contribution in [0.5, 0.6) is 0 Å². The van der Waals surface area contributed by atoms with E-state index in [4.69, 9.17) is 4.74 Å². The van der Waals surface area contributed by atoms with E-state index in [9.17, 15) is 18.4 Å². The second-order valence-corrected chi connectivity index (χ2v) is 6.84. The fourth-order valence-electron chi connectivity index (χ4n) is 2.02. The van der Waals surface area contributed by atoms with Crippen LogP contribution in [0.25, 0.3) is 0 Å². The monoisotopic (exact) mass is 373 g/mol. The number of anilines is 1. The highest BCUT2D eigenvalue weighted by Crippen LogP contribution is 2.32. The molecule has 0 aliphatic carbocycles. The summed E-state index contributed by atoms with van der Waals surface area (Å²) in [6.07, 6.45) is 3.00. The Balaban J connectivity index is 2.88. The third-order valence-electron chi connectivity index (χ3n) is 3.42. The molecular weight excluding hydrogens is 348 g/mol. The molecule has 0 spiro atoms. The number of hydrogen-bond donors (Lipinski definition) is 1. The van der Waals surface area contributed by atoms with Crippen molar-refractivity contribution in [2.75, 3.05) is 11.9 Å². The predicted molar refractivity (Wildman–Crippen MR) is 95.7 cm³/mol. The first-order chi connectivity index (χ1) is 11.9. The number of ether oxygens (including phenoxy) is 1. The highest BCUT2D eigenvalue weighted by molar-refractivity contribution is 8.00. The first-order valence-corrected chi connectivity index (χ1v) is 9.42. The lowest BCUT2D eigenvalue weighted by Gasteiger charge is -2.15. The Bertz CT molecular complexity index is 596. The van der Waals surface area contributed by atoms with Crippen molar-refractivity contribution in [2.24, 2.45) is 0 Å². The average molecular weight is 373 g/mol. The van der Waals surface area contributed by atoms with Gasteiger partial charge in [0, 0.05) is 17.4 Å². The molecule has 140 valence electrons. The summed E-state index contributed by atoms with van der Waals surface area (Å²) in [4.78, 5) is 23.8. The Kier molecular flexibility index (Phi) is 9.49. The van der Waals surface area contributed by atoms with Crippen LogP contribution in [0.4, 0.5) is 14.5 Å². The van der Waals surface area contributed by atoms with E-state index in [-0.39, 0.29) is 22.9 Å². The third-order valence-corrected chi connectivity index (χ3v) is 4.79. The summed E-state index contributed by atoms with van der Waals surface area (Å²) in [5, 5.41) is 1.84. The van der Waals surface area contributed by atoms with Crippen LogP contribution in [0, 0.1) is 11.6 Å². The summed E-state index contributed by atoms with van der Waals surface area (Å²) in [7, 11) is 0. The van der Waals surface area contributed by atoms with E-state index in [0.29, 0.717) is 19.4 Å². The number of benzene rings is 1. The zero-order valence-corrected chi connectivity index (χ0v) is 15.7. The summed E-state index contributed by atoms with van der Waals surface area (Å²) < 4.78 is 33.1. The summed E-state index contributed by atoms with van der Waals surface area (Å²) in [6, 6.07) is 1.95. The molecule has 1 atom stereocenters. The molecule has 1 N–H and O–H groups in total. The van der Waals surface area contributed by atoms with Gasteiger partial charge in [-0.3, -0.25) is 9.59 Å². The van der Waals surface area contributed by atoms with Crippen LogP contribution >= 0.6 is 11.8 Å². The largest absolute Gasteiger partial charge is 0.465 e. The fourth-order valence-corrected chi connectivity index (χ4v) is 3.01. The van der Waals surface area contributed by atoms with Crippen molar-refractivity contribution in [1.29, 1.82) is 0 Å². The molecule has 0 bridgehead atoms. The van der Waals surface area contributed by atoms with Gasteiger partial charge in [0.2, 0.25) is 5.91 Å². The van der Waals surface area contributed by atoms with Gasteiger partial charge in [0.15, 0.2) is 0 Å². The Hall–Kier alpha value is -1.63. The van der Waals surface area contributed by atoms with Crippen molar-refractivity contribution in [1.82, 2.24) is 0 Å². The lowest BCUT2D eigenvalue weighted by molar-refractivity contribution is -0.143. The maximum Gasteiger partial charge on any atom is 0.319 e. The van der Waals surface area contributed by atoms with Gasteiger partial charge in [0.1, 0.15) is 16.9 Å². The van der Waals surface area contributed by atoms with Crippen LogP contribution in [0.3, 0.4) is 0 Å². The molecule has 1 aromatic carbocycles. The van der Waals surface area contributed by atoms with Crippen LogP contribution < -0.4 is 5.32 Å². The van der Waals surface area contributed by atoms with Gasteiger partial charge in [-0.1, -0.05) is 27.2 Å². The SMILES string of the molecule is CCCCOC(=O)C(CC)Sc1cc(NC(=O)CCC)c(F)cc1F. The maximum atomic E-state index is 14.1. The zero-order valence-electron chi connectivity index (χ0n) is 14.9. The average Bonchev–Trinajstić information content (AvgIpc) is 2.56. The second kappa shape index (κ2) is 11.1. The van der Waals surface area contributed by atoms with Crippen molar-refractivity contribution in [2.45, 2.75) is 63.0 Å². The molecule has 0 fully saturated rings. The lowest BCUT2D eigenvalue weighted by Crippen LogP contribution is -2.20. The van der Waals surface area contributed by atoms with Crippen LogP contribution in [-0.4, -0.2) is 23.7 Å². The van der Waals surface area contributed by atoms with Gasteiger partial charge >= 0.3 is 5.97 Å². The van der Waals surface area contributed by atoms with E-state index in [1.807, 2.05) is 13.8 Å². The molecule has 0 aliphatic heterocycles. The quantitative estimate of drug-likeness (QED) is 0.359. The minimum Gasteiger partial charge on any atom is -0.465 e. The van der Waals surface area contributed by atoms with E-state index < -0.39 is 22.9 Å². The first kappa shape index (κ1) is 21.4. The molecule has 0 saturated heterocycles. The molecule has 1 rings (SSSR count). The summed E-state index contributed by atoms with van der Waals surface area (Å²) in [6.45, 7) is 5.95. The highest BCUT2D eigenvalue weighted by Gasteiger charge is 2.22. The smallest absolute Gasteiger partial charge is 0.319 e. The summed E-state index contributed by atoms with van der Waals surface area (Å²) in [5.74, 6) is -2.36. The van der Waals surface area contributed by atoms with Gasteiger partial charge in [-0.25, -0.2) is 8.78 Å². The lowest BCUT2D eigenvalue weighted by atomic mass is 10.2. The Labute approximate surface area is 151 Å². The molecule has 1 amide bonds. The normalized spacial score (nSPS) is 11.9. The van der Waals surface area contributed by atoms with Gasteiger partial charge in [0.05, 0.1) is 12.3 Å². The van der Waals surface area contributed by atoms with Crippen molar-refractivity contribution in [3.8, 4) is 0 Å². The molecule has 1 aromatic rings. The third kappa shape index (κ3) is 7.02. The highest BCUT2D eigenvalue weighted by atomic mass is 32.2. The topological polar surface area (TPSA) is 55.4 Å². The minimum absolute atomic E-state index is 0.0865. The van der Waals surface area contributed by atoms with Gasteiger partial charge in [-0.2, -0.15) is 0 Å². The van der Waals surface area contributed by atoms with Crippen LogP contribution in [0.2, 0.25) is 0 Å². The Morgan fingerprint density at radius 3 is 2.48 bits per heavy atom. The van der Waals surface area contributed by atoms with E-state index in [1.165, 1.54) is 6.07 Å². The van der Waals surface area contributed by atoms with E-state index >= 15 is 0 Å². The van der Waals surface area contributed by atoms with Crippen molar-refractivity contribution in [3.63, 3.8) is 0 Å². The zero-order chi connectivity index (χ0) is 18.8. The molecular formula is C18H25F2NO3S. The molecule has 0 saturated carbocycles. The number of unbranched alkanes of at least 4 members (excludes halogenated alkanes) is 1. The number of nitrogens with one attached hydrogen (secondary N) is 1. The molecule has 1 unspecified atom stereocenters. The molecule has 7 heteroatoms. The molecule has 0 aliphatic rings. The number of carbonyl (C=O) groups excluding carboxylic acids is 2.